The van der Waals surface area contributed by atoms with Crippen molar-refractivity contribution in [2.75, 3.05) is 14.2 Å². The summed E-state index contributed by atoms with van der Waals surface area (Å²) in [7, 11) is 2.28. The van der Waals surface area contributed by atoms with Gasteiger partial charge in [-0.25, -0.2) is 13.6 Å². The van der Waals surface area contributed by atoms with Crippen molar-refractivity contribution in [2.24, 2.45) is 0 Å². The molecule has 0 heterocycles. The summed E-state index contributed by atoms with van der Waals surface area (Å²) >= 11 is 0. The predicted molar refractivity (Wildman–Crippen MR) is 57.8 cm³/mol. The molecule has 0 atom stereocenters. The van der Waals surface area contributed by atoms with Crippen molar-refractivity contribution in [2.45, 2.75) is 13.8 Å². The Balaban J connectivity index is 0.00000121. The molecule has 1 rings (SSSR count). The van der Waals surface area contributed by atoms with Crippen molar-refractivity contribution in [3.63, 3.8) is 0 Å². The van der Waals surface area contributed by atoms with Crippen molar-refractivity contribution >= 4 is 5.97 Å². The van der Waals surface area contributed by atoms with Gasteiger partial charge in [0.15, 0.2) is 23.1 Å². The van der Waals surface area contributed by atoms with Gasteiger partial charge in [0, 0.05) is 6.07 Å². The van der Waals surface area contributed by atoms with Crippen molar-refractivity contribution < 1.29 is 28.2 Å². The number of aromatic carboxylic acids is 1. The number of halogens is 2. The lowest BCUT2D eigenvalue weighted by molar-refractivity contribution is 0.0684. The second kappa shape index (κ2) is 6.67. The quantitative estimate of drug-likeness (QED) is 0.893. The summed E-state index contributed by atoms with van der Waals surface area (Å²) < 4.78 is 35.7. The van der Waals surface area contributed by atoms with E-state index in [1.165, 1.54) is 0 Å². The summed E-state index contributed by atoms with van der Waals surface area (Å²) in [5.74, 6) is -5.01. The molecule has 0 bridgehead atoms. The lowest BCUT2D eigenvalue weighted by atomic mass is 10.1. The second-order valence-corrected chi connectivity index (χ2v) is 2.59. The van der Waals surface area contributed by atoms with Gasteiger partial charge in [-0.2, -0.15) is 0 Å². The number of carbonyl (C=O) groups is 1. The molecule has 0 saturated carbocycles. The van der Waals surface area contributed by atoms with Gasteiger partial charge in [0.05, 0.1) is 14.2 Å². The van der Waals surface area contributed by atoms with Crippen LogP contribution < -0.4 is 9.47 Å². The number of ether oxygens (including phenoxy) is 2. The molecule has 0 aliphatic heterocycles. The van der Waals surface area contributed by atoms with E-state index in [4.69, 9.17) is 5.11 Å². The van der Waals surface area contributed by atoms with Crippen molar-refractivity contribution in [3.8, 4) is 11.5 Å². The fraction of sp³-hybridized carbons (Fsp3) is 0.364. The fourth-order valence-electron chi connectivity index (χ4n) is 1.07. The Labute approximate surface area is 97.8 Å². The van der Waals surface area contributed by atoms with Crippen LogP contribution in [0.4, 0.5) is 8.78 Å². The van der Waals surface area contributed by atoms with Crippen LogP contribution in [0.1, 0.15) is 24.2 Å². The van der Waals surface area contributed by atoms with E-state index in [0.29, 0.717) is 0 Å². The van der Waals surface area contributed by atoms with Crippen LogP contribution in [0, 0.1) is 11.6 Å². The van der Waals surface area contributed by atoms with Crippen molar-refractivity contribution in [1.82, 2.24) is 0 Å². The van der Waals surface area contributed by atoms with Gasteiger partial charge < -0.3 is 14.6 Å². The number of hydrogen-bond donors (Lipinski definition) is 1. The average Bonchev–Trinajstić information content (AvgIpc) is 2.32. The van der Waals surface area contributed by atoms with Crippen LogP contribution in [0.2, 0.25) is 0 Å². The van der Waals surface area contributed by atoms with Crippen LogP contribution in [-0.2, 0) is 0 Å². The van der Waals surface area contributed by atoms with Gasteiger partial charge in [0.1, 0.15) is 5.56 Å². The molecule has 0 aromatic heterocycles. The maximum Gasteiger partial charge on any atom is 0.342 e. The lowest BCUT2D eigenvalue weighted by Gasteiger charge is -2.09. The molecular formula is C11H14F2O4. The molecule has 96 valence electrons. The van der Waals surface area contributed by atoms with Gasteiger partial charge in [-0.15, -0.1) is 0 Å². The molecule has 0 amide bonds. The number of methoxy groups -OCH3 is 2. The Morgan fingerprint density at radius 2 is 1.47 bits per heavy atom. The van der Waals surface area contributed by atoms with E-state index in [0.717, 1.165) is 20.3 Å². The van der Waals surface area contributed by atoms with Crippen molar-refractivity contribution in [1.29, 1.82) is 0 Å². The first-order chi connectivity index (χ1) is 8.02. The predicted octanol–water partition coefficient (Wildman–Crippen LogP) is 2.71. The maximum absolute atomic E-state index is 13.3. The standard InChI is InChI=1S/C9H8F2O4.C2H6/c1-14-4-3-5(15-2)8(11)6(7(4)10)9(12)13;1-2/h3H,1-2H3,(H,12,13);1-2H3. The second-order valence-electron chi connectivity index (χ2n) is 2.59. The van der Waals surface area contributed by atoms with E-state index in [1.807, 2.05) is 13.8 Å². The summed E-state index contributed by atoms with van der Waals surface area (Å²) in [5, 5.41) is 8.60. The molecule has 0 aliphatic rings. The molecule has 0 saturated heterocycles. The van der Waals surface area contributed by atoms with Crippen LogP contribution >= 0.6 is 0 Å². The summed E-state index contributed by atoms with van der Waals surface area (Å²) in [4.78, 5) is 10.6. The minimum absolute atomic E-state index is 0.384. The zero-order valence-corrected chi connectivity index (χ0v) is 10.0. The lowest BCUT2D eigenvalue weighted by Crippen LogP contribution is -2.08. The van der Waals surface area contributed by atoms with Gasteiger partial charge in [0.25, 0.3) is 0 Å². The molecular weight excluding hydrogens is 234 g/mol. The van der Waals surface area contributed by atoms with Gasteiger partial charge >= 0.3 is 5.97 Å². The maximum atomic E-state index is 13.3. The van der Waals surface area contributed by atoms with Crippen LogP contribution in [0.3, 0.4) is 0 Å². The molecule has 1 aromatic rings. The third kappa shape index (κ3) is 3.05. The molecule has 0 unspecified atom stereocenters. The molecule has 0 radical (unpaired) electrons. The van der Waals surface area contributed by atoms with Gasteiger partial charge in [-0.3, -0.25) is 0 Å². The number of carboxylic acid groups (broad SMARTS) is 1. The fourth-order valence-corrected chi connectivity index (χ4v) is 1.07. The highest BCUT2D eigenvalue weighted by atomic mass is 19.1. The number of benzene rings is 1. The van der Waals surface area contributed by atoms with Crippen LogP contribution in [-0.4, -0.2) is 25.3 Å². The summed E-state index contributed by atoms with van der Waals surface area (Å²) in [6.45, 7) is 4.00. The number of carboxylic acids is 1. The molecule has 1 N–H and O–H groups in total. The topological polar surface area (TPSA) is 55.8 Å². The monoisotopic (exact) mass is 248 g/mol. The molecule has 0 aliphatic carbocycles. The van der Waals surface area contributed by atoms with Crippen molar-refractivity contribution in [3.05, 3.63) is 23.3 Å². The minimum Gasteiger partial charge on any atom is -0.494 e. The third-order valence-electron chi connectivity index (χ3n) is 1.79. The Bertz CT molecular complexity index is 377. The van der Waals surface area contributed by atoms with Gasteiger partial charge in [-0.1, -0.05) is 13.8 Å². The average molecular weight is 248 g/mol. The summed E-state index contributed by atoms with van der Waals surface area (Å²) in [5.41, 5.74) is -1.09. The van der Waals surface area contributed by atoms with Crippen LogP contribution in [0.25, 0.3) is 0 Å². The Kier molecular flexibility index (Phi) is 5.95. The smallest absolute Gasteiger partial charge is 0.342 e. The summed E-state index contributed by atoms with van der Waals surface area (Å²) in [6.07, 6.45) is 0. The Morgan fingerprint density at radius 3 is 1.71 bits per heavy atom. The molecule has 1 aromatic carbocycles. The summed E-state index contributed by atoms with van der Waals surface area (Å²) in [6, 6.07) is 0.942. The van der Waals surface area contributed by atoms with E-state index < -0.39 is 23.2 Å². The highest BCUT2D eigenvalue weighted by molar-refractivity contribution is 5.89. The molecule has 17 heavy (non-hydrogen) atoms. The SMILES string of the molecule is CC.COc1cc(OC)c(F)c(C(=O)O)c1F. The molecule has 0 fully saturated rings. The van der Waals surface area contributed by atoms with E-state index in [9.17, 15) is 13.6 Å². The minimum atomic E-state index is -1.72. The first-order valence-corrected chi connectivity index (χ1v) is 4.86. The van der Waals surface area contributed by atoms with Gasteiger partial charge in [-0.05, 0) is 0 Å². The zero-order valence-electron chi connectivity index (χ0n) is 10.0. The Hall–Kier alpha value is -1.85. The Morgan fingerprint density at radius 1 is 1.12 bits per heavy atom. The first-order valence-electron chi connectivity index (χ1n) is 4.86. The molecule has 4 nitrogen and oxygen atoms in total. The van der Waals surface area contributed by atoms with Gasteiger partial charge in [0.2, 0.25) is 0 Å². The van der Waals surface area contributed by atoms with Crippen LogP contribution in [0.15, 0.2) is 6.07 Å². The number of hydrogen-bond acceptors (Lipinski definition) is 3. The molecule has 6 heteroatoms. The van der Waals surface area contributed by atoms with Crippen LogP contribution in [0.5, 0.6) is 11.5 Å². The molecule has 0 spiro atoms. The highest BCUT2D eigenvalue weighted by Crippen LogP contribution is 2.30. The third-order valence-corrected chi connectivity index (χ3v) is 1.79. The van der Waals surface area contributed by atoms with E-state index in [-0.39, 0.29) is 11.5 Å². The van der Waals surface area contributed by atoms with E-state index in [1.54, 1.807) is 0 Å². The highest BCUT2D eigenvalue weighted by Gasteiger charge is 2.24. The zero-order chi connectivity index (χ0) is 13.6. The largest absolute Gasteiger partial charge is 0.494 e. The van der Waals surface area contributed by atoms with E-state index >= 15 is 0 Å². The van der Waals surface area contributed by atoms with E-state index in [2.05, 4.69) is 9.47 Å². The normalized spacial score (nSPS) is 9.06. The number of rotatable bonds is 3. The first kappa shape index (κ1) is 15.2.